The molecule has 0 radical (unpaired) electrons. The molecule has 1 N–H and O–H groups in total. The van der Waals surface area contributed by atoms with Gasteiger partial charge in [0.25, 0.3) is 0 Å². The molecule has 0 saturated carbocycles. The summed E-state index contributed by atoms with van der Waals surface area (Å²) in [6.45, 7) is 9.81. The van der Waals surface area contributed by atoms with Gasteiger partial charge in [0.1, 0.15) is 5.82 Å². The SMILES string of the molecule is CCC1COC(C)CN1c1cnc(C(C)C)nc1CO. The molecule has 0 amide bonds. The highest BCUT2D eigenvalue weighted by Crippen LogP contribution is 2.26. The quantitative estimate of drug-likeness (QED) is 0.914. The third kappa shape index (κ3) is 3.10. The van der Waals surface area contributed by atoms with E-state index in [9.17, 15) is 5.11 Å². The Morgan fingerprint density at radius 2 is 2.25 bits per heavy atom. The first kappa shape index (κ1) is 15.2. The summed E-state index contributed by atoms with van der Waals surface area (Å²) in [6.07, 6.45) is 3.05. The second-order valence-corrected chi connectivity index (χ2v) is 5.73. The van der Waals surface area contributed by atoms with Gasteiger partial charge in [0, 0.05) is 12.5 Å². The predicted octanol–water partition coefficient (Wildman–Crippen LogP) is 2.10. The van der Waals surface area contributed by atoms with Crippen LogP contribution in [0.15, 0.2) is 6.20 Å². The molecule has 2 atom stereocenters. The third-order valence-corrected chi connectivity index (χ3v) is 3.78. The van der Waals surface area contributed by atoms with Crippen LogP contribution in [0.3, 0.4) is 0 Å². The molecule has 1 aromatic heterocycles. The van der Waals surface area contributed by atoms with Crippen LogP contribution in [0.5, 0.6) is 0 Å². The van der Waals surface area contributed by atoms with Gasteiger partial charge in [0.15, 0.2) is 0 Å². The number of morpholine rings is 1. The summed E-state index contributed by atoms with van der Waals surface area (Å²) >= 11 is 0. The van der Waals surface area contributed by atoms with E-state index in [0.29, 0.717) is 12.6 Å². The van der Waals surface area contributed by atoms with E-state index in [0.717, 1.165) is 30.2 Å². The summed E-state index contributed by atoms with van der Waals surface area (Å²) in [4.78, 5) is 11.2. The zero-order valence-electron chi connectivity index (χ0n) is 12.8. The Labute approximate surface area is 121 Å². The minimum Gasteiger partial charge on any atom is -0.390 e. The van der Waals surface area contributed by atoms with Crippen LogP contribution < -0.4 is 4.90 Å². The first-order valence-electron chi connectivity index (χ1n) is 7.41. The summed E-state index contributed by atoms with van der Waals surface area (Å²) < 4.78 is 5.72. The van der Waals surface area contributed by atoms with E-state index in [1.807, 2.05) is 6.20 Å². The maximum atomic E-state index is 9.63. The topological polar surface area (TPSA) is 58.5 Å². The largest absolute Gasteiger partial charge is 0.390 e. The van der Waals surface area contributed by atoms with Crippen LogP contribution in [-0.2, 0) is 11.3 Å². The lowest BCUT2D eigenvalue weighted by atomic mass is 10.1. The van der Waals surface area contributed by atoms with Gasteiger partial charge in [-0.1, -0.05) is 20.8 Å². The molecule has 20 heavy (non-hydrogen) atoms. The van der Waals surface area contributed by atoms with E-state index >= 15 is 0 Å². The van der Waals surface area contributed by atoms with Crippen LogP contribution in [-0.4, -0.2) is 40.4 Å². The number of aliphatic hydroxyl groups is 1. The van der Waals surface area contributed by atoms with Crippen molar-refractivity contribution >= 4 is 5.69 Å². The van der Waals surface area contributed by atoms with Crippen LogP contribution in [0.4, 0.5) is 5.69 Å². The summed E-state index contributed by atoms with van der Waals surface area (Å²) in [5.41, 5.74) is 1.66. The first-order valence-corrected chi connectivity index (χ1v) is 7.41. The lowest BCUT2D eigenvalue weighted by Crippen LogP contribution is -2.49. The molecule has 2 heterocycles. The number of ether oxygens (including phenoxy) is 1. The van der Waals surface area contributed by atoms with Crippen molar-refractivity contribution in [3.63, 3.8) is 0 Å². The minimum absolute atomic E-state index is 0.0558. The van der Waals surface area contributed by atoms with Crippen LogP contribution in [0.2, 0.25) is 0 Å². The summed E-state index contributed by atoms with van der Waals surface area (Å²) in [7, 11) is 0. The zero-order valence-corrected chi connectivity index (χ0v) is 12.8. The molecular weight excluding hydrogens is 254 g/mol. The minimum atomic E-state index is -0.0558. The molecular formula is C15H25N3O2. The highest BCUT2D eigenvalue weighted by atomic mass is 16.5. The average molecular weight is 279 g/mol. The molecule has 1 aliphatic heterocycles. The fraction of sp³-hybridized carbons (Fsp3) is 0.733. The van der Waals surface area contributed by atoms with Gasteiger partial charge in [-0.2, -0.15) is 0 Å². The van der Waals surface area contributed by atoms with E-state index in [2.05, 4.69) is 42.6 Å². The summed E-state index contributed by atoms with van der Waals surface area (Å²) in [5.74, 6) is 1.05. The van der Waals surface area contributed by atoms with Crippen LogP contribution in [0, 0.1) is 0 Å². The second-order valence-electron chi connectivity index (χ2n) is 5.73. The van der Waals surface area contributed by atoms with Gasteiger partial charge in [-0.05, 0) is 13.3 Å². The Kier molecular flexibility index (Phi) is 4.94. The lowest BCUT2D eigenvalue weighted by Gasteiger charge is -2.40. The Morgan fingerprint density at radius 3 is 2.85 bits per heavy atom. The number of rotatable bonds is 4. The maximum absolute atomic E-state index is 9.63. The molecule has 0 spiro atoms. The maximum Gasteiger partial charge on any atom is 0.131 e. The molecule has 0 aliphatic carbocycles. The van der Waals surface area contributed by atoms with Crippen molar-refractivity contribution in [1.82, 2.24) is 9.97 Å². The second kappa shape index (κ2) is 6.50. The Balaban J connectivity index is 2.34. The Hall–Kier alpha value is -1.20. The van der Waals surface area contributed by atoms with Crippen molar-refractivity contribution in [2.45, 2.75) is 58.8 Å². The van der Waals surface area contributed by atoms with E-state index in [1.54, 1.807) is 0 Å². The normalized spacial score (nSPS) is 23.4. The molecule has 2 rings (SSSR count). The number of aliphatic hydroxyl groups excluding tert-OH is 1. The standard InChI is InChI=1S/C15H25N3O2/c1-5-12-9-20-11(4)7-18(12)14-6-16-15(10(2)3)17-13(14)8-19/h6,10-12,19H,5,7-9H2,1-4H3. The molecule has 1 aliphatic rings. The number of anilines is 1. The fourth-order valence-electron chi connectivity index (χ4n) is 2.54. The molecule has 2 unspecified atom stereocenters. The summed E-state index contributed by atoms with van der Waals surface area (Å²) in [5, 5.41) is 9.63. The van der Waals surface area contributed by atoms with Crippen molar-refractivity contribution in [1.29, 1.82) is 0 Å². The number of nitrogens with zero attached hydrogens (tertiary/aromatic N) is 3. The highest BCUT2D eigenvalue weighted by Gasteiger charge is 2.28. The number of hydrogen-bond donors (Lipinski definition) is 1. The molecule has 0 aromatic carbocycles. The van der Waals surface area contributed by atoms with Gasteiger partial charge in [0.05, 0.1) is 42.9 Å². The van der Waals surface area contributed by atoms with Crippen molar-refractivity contribution in [2.24, 2.45) is 0 Å². The van der Waals surface area contributed by atoms with E-state index in [4.69, 9.17) is 4.74 Å². The molecule has 1 aromatic rings. The zero-order chi connectivity index (χ0) is 14.7. The van der Waals surface area contributed by atoms with Gasteiger partial charge < -0.3 is 14.7 Å². The van der Waals surface area contributed by atoms with E-state index < -0.39 is 0 Å². The van der Waals surface area contributed by atoms with E-state index in [-0.39, 0.29) is 18.6 Å². The number of hydrogen-bond acceptors (Lipinski definition) is 5. The highest BCUT2D eigenvalue weighted by molar-refractivity contribution is 5.50. The van der Waals surface area contributed by atoms with Gasteiger partial charge in [0.2, 0.25) is 0 Å². The third-order valence-electron chi connectivity index (χ3n) is 3.78. The van der Waals surface area contributed by atoms with Crippen LogP contribution in [0.1, 0.15) is 51.6 Å². The summed E-state index contributed by atoms with van der Waals surface area (Å²) in [6, 6.07) is 0.324. The van der Waals surface area contributed by atoms with Crippen molar-refractivity contribution < 1.29 is 9.84 Å². The smallest absolute Gasteiger partial charge is 0.131 e. The van der Waals surface area contributed by atoms with Gasteiger partial charge in [-0.15, -0.1) is 0 Å². The first-order chi connectivity index (χ1) is 9.56. The molecule has 0 bridgehead atoms. The van der Waals surface area contributed by atoms with Gasteiger partial charge in [-0.25, -0.2) is 9.97 Å². The molecule has 1 saturated heterocycles. The van der Waals surface area contributed by atoms with Gasteiger partial charge in [-0.3, -0.25) is 0 Å². The predicted molar refractivity (Wildman–Crippen MR) is 78.9 cm³/mol. The van der Waals surface area contributed by atoms with Crippen LogP contribution >= 0.6 is 0 Å². The number of aromatic nitrogens is 2. The lowest BCUT2D eigenvalue weighted by molar-refractivity contribution is 0.0297. The molecule has 112 valence electrons. The van der Waals surface area contributed by atoms with Crippen molar-refractivity contribution in [2.75, 3.05) is 18.1 Å². The van der Waals surface area contributed by atoms with Gasteiger partial charge >= 0.3 is 0 Å². The van der Waals surface area contributed by atoms with Crippen molar-refractivity contribution in [3.8, 4) is 0 Å². The average Bonchev–Trinajstić information content (AvgIpc) is 2.46. The molecule has 1 fully saturated rings. The van der Waals surface area contributed by atoms with Crippen LogP contribution in [0.25, 0.3) is 0 Å². The Morgan fingerprint density at radius 1 is 1.50 bits per heavy atom. The van der Waals surface area contributed by atoms with E-state index in [1.165, 1.54) is 0 Å². The van der Waals surface area contributed by atoms with Crippen molar-refractivity contribution in [3.05, 3.63) is 17.7 Å². The molecule has 5 heteroatoms. The molecule has 5 nitrogen and oxygen atoms in total. The Bertz CT molecular complexity index is 451. The fourth-order valence-corrected chi connectivity index (χ4v) is 2.54. The monoisotopic (exact) mass is 279 g/mol.